The highest BCUT2D eigenvalue weighted by atomic mass is 16.5. The molecule has 0 radical (unpaired) electrons. The molecule has 2 amide bonds. The Morgan fingerprint density at radius 2 is 2.15 bits per heavy atom. The van der Waals surface area contributed by atoms with E-state index < -0.39 is 11.9 Å². The molecule has 0 saturated carbocycles. The molecule has 1 rings (SSSR count). The first-order valence-electron chi connectivity index (χ1n) is 6.37. The summed E-state index contributed by atoms with van der Waals surface area (Å²) >= 11 is 0. The second-order valence-corrected chi connectivity index (χ2v) is 4.12. The Balaban J connectivity index is 2.68. The van der Waals surface area contributed by atoms with Gasteiger partial charge in [-0.25, -0.2) is 5.43 Å². The molecule has 0 aliphatic carbocycles. The average Bonchev–Trinajstić information content (AvgIpc) is 2.44. The fourth-order valence-electron chi connectivity index (χ4n) is 1.63. The highest BCUT2D eigenvalue weighted by molar-refractivity contribution is 6.39. The molecule has 1 aliphatic rings. The van der Waals surface area contributed by atoms with Crippen molar-refractivity contribution in [1.29, 1.82) is 0 Å². The highest BCUT2D eigenvalue weighted by Gasteiger charge is 2.25. The van der Waals surface area contributed by atoms with Crippen LogP contribution in [0.15, 0.2) is 5.10 Å². The van der Waals surface area contributed by atoms with Crippen LogP contribution in [0.2, 0.25) is 0 Å². The van der Waals surface area contributed by atoms with Gasteiger partial charge in [0.2, 0.25) is 5.91 Å². The van der Waals surface area contributed by atoms with E-state index in [2.05, 4.69) is 10.5 Å². The van der Waals surface area contributed by atoms with E-state index in [0.29, 0.717) is 6.61 Å². The first kappa shape index (κ1) is 16.1. The predicted molar refractivity (Wildman–Crippen MR) is 69.9 cm³/mol. The lowest BCUT2D eigenvalue weighted by Crippen LogP contribution is -2.44. The molecule has 20 heavy (non-hydrogen) atoms. The molecule has 1 aliphatic heterocycles. The number of hydrazone groups is 1. The highest BCUT2D eigenvalue weighted by Crippen LogP contribution is 2.04. The zero-order valence-corrected chi connectivity index (χ0v) is 11.7. The van der Waals surface area contributed by atoms with Crippen molar-refractivity contribution in [3.05, 3.63) is 0 Å². The summed E-state index contributed by atoms with van der Waals surface area (Å²) < 4.78 is 9.74. The third kappa shape index (κ3) is 4.96. The Kier molecular flexibility index (Phi) is 6.65. The van der Waals surface area contributed by atoms with Crippen LogP contribution in [-0.2, 0) is 23.9 Å². The standard InChI is InChI=1S/C12H19N3O5/c1-3-20-11(17)8-15(6-7-19-2)12(18)9-4-5-10(16)14-13-9/h3-8H2,1-2H3,(H,14,16). The summed E-state index contributed by atoms with van der Waals surface area (Å²) in [5.41, 5.74) is 2.48. The molecular formula is C12H19N3O5. The SMILES string of the molecule is CCOC(=O)CN(CCOC)C(=O)C1=NNC(=O)CC1. The molecule has 0 aromatic carbocycles. The van der Waals surface area contributed by atoms with E-state index in [4.69, 9.17) is 9.47 Å². The van der Waals surface area contributed by atoms with E-state index in [1.807, 2.05) is 0 Å². The van der Waals surface area contributed by atoms with Gasteiger partial charge in [0.05, 0.1) is 13.2 Å². The van der Waals surface area contributed by atoms with Gasteiger partial charge in [0.25, 0.3) is 5.91 Å². The number of hydrogen-bond acceptors (Lipinski definition) is 6. The van der Waals surface area contributed by atoms with Crippen LogP contribution in [-0.4, -0.2) is 61.8 Å². The van der Waals surface area contributed by atoms with Gasteiger partial charge in [0.1, 0.15) is 12.3 Å². The van der Waals surface area contributed by atoms with Gasteiger partial charge in [0.15, 0.2) is 0 Å². The van der Waals surface area contributed by atoms with Crippen molar-refractivity contribution in [3.63, 3.8) is 0 Å². The lowest BCUT2D eigenvalue weighted by molar-refractivity contribution is -0.147. The van der Waals surface area contributed by atoms with Gasteiger partial charge < -0.3 is 14.4 Å². The molecule has 0 unspecified atom stereocenters. The lowest BCUT2D eigenvalue weighted by Gasteiger charge is -2.23. The number of nitrogens with one attached hydrogen (secondary N) is 1. The topological polar surface area (TPSA) is 97.3 Å². The van der Waals surface area contributed by atoms with E-state index in [0.717, 1.165) is 0 Å². The monoisotopic (exact) mass is 285 g/mol. The largest absolute Gasteiger partial charge is 0.465 e. The first-order chi connectivity index (χ1) is 9.58. The zero-order valence-electron chi connectivity index (χ0n) is 11.7. The Morgan fingerprint density at radius 3 is 2.70 bits per heavy atom. The van der Waals surface area contributed by atoms with Crippen LogP contribution in [0, 0.1) is 0 Å². The Bertz CT molecular complexity index is 408. The van der Waals surface area contributed by atoms with Crippen LogP contribution in [0.3, 0.4) is 0 Å². The maximum Gasteiger partial charge on any atom is 0.325 e. The van der Waals surface area contributed by atoms with Crippen molar-refractivity contribution >= 4 is 23.5 Å². The van der Waals surface area contributed by atoms with Crippen molar-refractivity contribution in [2.75, 3.05) is 33.4 Å². The molecule has 1 N–H and O–H groups in total. The van der Waals surface area contributed by atoms with Crippen molar-refractivity contribution in [1.82, 2.24) is 10.3 Å². The van der Waals surface area contributed by atoms with Crippen LogP contribution >= 0.6 is 0 Å². The number of carbonyl (C=O) groups is 3. The molecule has 0 saturated heterocycles. The smallest absolute Gasteiger partial charge is 0.325 e. The van der Waals surface area contributed by atoms with E-state index in [-0.39, 0.29) is 44.2 Å². The number of nitrogens with zero attached hydrogens (tertiary/aromatic N) is 2. The number of rotatable bonds is 7. The zero-order chi connectivity index (χ0) is 15.0. The van der Waals surface area contributed by atoms with Gasteiger partial charge in [-0.05, 0) is 6.92 Å². The molecule has 0 bridgehead atoms. The molecule has 0 atom stereocenters. The van der Waals surface area contributed by atoms with Gasteiger partial charge in [-0.15, -0.1) is 0 Å². The van der Waals surface area contributed by atoms with Crippen molar-refractivity contribution in [2.24, 2.45) is 5.10 Å². The van der Waals surface area contributed by atoms with E-state index in [9.17, 15) is 14.4 Å². The number of hydrogen-bond donors (Lipinski definition) is 1. The molecule has 112 valence electrons. The number of methoxy groups -OCH3 is 1. The van der Waals surface area contributed by atoms with Gasteiger partial charge >= 0.3 is 5.97 Å². The number of ether oxygens (including phenoxy) is 2. The third-order valence-electron chi connectivity index (χ3n) is 2.63. The van der Waals surface area contributed by atoms with Gasteiger partial charge in [-0.1, -0.05) is 0 Å². The van der Waals surface area contributed by atoms with Gasteiger partial charge in [0, 0.05) is 26.5 Å². The van der Waals surface area contributed by atoms with Crippen LogP contribution in [0.1, 0.15) is 19.8 Å². The Morgan fingerprint density at radius 1 is 1.40 bits per heavy atom. The molecule has 8 nitrogen and oxygen atoms in total. The molecule has 0 fully saturated rings. The molecule has 0 aromatic rings. The number of esters is 1. The second kappa shape index (κ2) is 8.26. The number of amides is 2. The van der Waals surface area contributed by atoms with E-state index in [1.165, 1.54) is 12.0 Å². The molecule has 0 aromatic heterocycles. The summed E-state index contributed by atoms with van der Waals surface area (Å²) in [5.74, 6) is -1.11. The number of carbonyl (C=O) groups excluding carboxylic acids is 3. The van der Waals surface area contributed by atoms with Crippen LogP contribution in [0.4, 0.5) is 0 Å². The maximum atomic E-state index is 12.2. The summed E-state index contributed by atoms with van der Waals surface area (Å²) in [6.45, 7) is 2.33. The summed E-state index contributed by atoms with van der Waals surface area (Å²) in [7, 11) is 1.51. The molecule has 1 heterocycles. The minimum Gasteiger partial charge on any atom is -0.465 e. The van der Waals surface area contributed by atoms with E-state index in [1.54, 1.807) is 6.92 Å². The van der Waals surface area contributed by atoms with Gasteiger partial charge in [-0.3, -0.25) is 14.4 Å². The molecule has 8 heteroatoms. The first-order valence-corrected chi connectivity index (χ1v) is 6.37. The fourth-order valence-corrected chi connectivity index (χ4v) is 1.63. The quantitative estimate of drug-likeness (QED) is 0.623. The van der Waals surface area contributed by atoms with Crippen molar-refractivity contribution in [2.45, 2.75) is 19.8 Å². The normalized spacial score (nSPS) is 14.3. The van der Waals surface area contributed by atoms with Crippen LogP contribution in [0.5, 0.6) is 0 Å². The summed E-state index contributed by atoms with van der Waals surface area (Å²) in [4.78, 5) is 36.0. The van der Waals surface area contributed by atoms with Crippen LogP contribution < -0.4 is 5.43 Å². The predicted octanol–water partition coefficient (Wildman–Crippen LogP) is -0.709. The fraction of sp³-hybridized carbons (Fsp3) is 0.667. The lowest BCUT2D eigenvalue weighted by atomic mass is 10.1. The summed E-state index contributed by atoms with van der Waals surface area (Å²) in [6, 6.07) is 0. The average molecular weight is 285 g/mol. The van der Waals surface area contributed by atoms with E-state index >= 15 is 0 Å². The third-order valence-corrected chi connectivity index (χ3v) is 2.63. The Hall–Kier alpha value is -1.96. The minimum absolute atomic E-state index is 0.164. The summed E-state index contributed by atoms with van der Waals surface area (Å²) in [5, 5.41) is 3.73. The minimum atomic E-state index is -0.489. The van der Waals surface area contributed by atoms with Gasteiger partial charge in [-0.2, -0.15) is 5.10 Å². The maximum absolute atomic E-state index is 12.2. The molecular weight excluding hydrogens is 266 g/mol. The Labute approximate surface area is 117 Å². The molecule has 0 spiro atoms. The second-order valence-electron chi connectivity index (χ2n) is 4.12. The van der Waals surface area contributed by atoms with Crippen molar-refractivity contribution < 1.29 is 23.9 Å². The summed E-state index contributed by atoms with van der Waals surface area (Å²) in [6.07, 6.45) is 0.471. The van der Waals surface area contributed by atoms with Crippen LogP contribution in [0.25, 0.3) is 0 Å². The van der Waals surface area contributed by atoms with Crippen molar-refractivity contribution in [3.8, 4) is 0 Å².